The molecule has 0 aliphatic rings. The fraction of sp³-hybridized carbons (Fsp3) is 0.400. The number of ether oxygens (including phenoxy) is 3. The van der Waals surface area contributed by atoms with Crippen molar-refractivity contribution < 1.29 is 32.2 Å². The van der Waals surface area contributed by atoms with Gasteiger partial charge in [-0.2, -0.15) is 18.2 Å². The number of hydrogen-bond acceptors (Lipinski definition) is 10. The Hall–Kier alpha value is -4.63. The van der Waals surface area contributed by atoms with E-state index < -0.39 is 17.8 Å². The van der Waals surface area contributed by atoms with Crippen LogP contribution < -0.4 is 15.8 Å². The number of carbonyl (C=O) groups is 1. The molecule has 0 radical (unpaired) electrons. The first-order valence-electron chi connectivity index (χ1n) is 14.3. The summed E-state index contributed by atoms with van der Waals surface area (Å²) in [4.78, 5) is 33.6. The fourth-order valence-electron chi connectivity index (χ4n) is 4.50. The predicted octanol–water partition coefficient (Wildman–Crippen LogP) is 4.79. The first-order chi connectivity index (χ1) is 21.5. The number of nitrogens with zero attached hydrogens (tertiary/aromatic N) is 6. The number of alkyl halides is 3. The van der Waals surface area contributed by atoms with Crippen LogP contribution in [0, 0.1) is 0 Å². The average molecular weight is 629 g/mol. The molecule has 12 nitrogen and oxygen atoms in total. The number of benzene rings is 1. The van der Waals surface area contributed by atoms with E-state index in [1.807, 2.05) is 13.8 Å². The van der Waals surface area contributed by atoms with E-state index in [0.717, 1.165) is 18.2 Å². The van der Waals surface area contributed by atoms with Crippen LogP contribution in [0.5, 0.6) is 5.88 Å². The highest BCUT2D eigenvalue weighted by Gasteiger charge is 2.34. The van der Waals surface area contributed by atoms with Crippen LogP contribution in [0.2, 0.25) is 0 Å². The van der Waals surface area contributed by atoms with Crippen molar-refractivity contribution >= 4 is 11.7 Å². The van der Waals surface area contributed by atoms with E-state index in [1.165, 1.54) is 24.9 Å². The van der Waals surface area contributed by atoms with Crippen LogP contribution in [0.25, 0.3) is 22.8 Å². The summed E-state index contributed by atoms with van der Waals surface area (Å²) in [6.07, 6.45) is 0.994. The minimum absolute atomic E-state index is 0.0673. The lowest BCUT2D eigenvalue weighted by molar-refractivity contribution is -0.141. The number of nitrogens with two attached hydrogens (primary N) is 1. The normalized spacial score (nSPS) is 11.6. The lowest BCUT2D eigenvalue weighted by atomic mass is 10.1. The summed E-state index contributed by atoms with van der Waals surface area (Å²) in [5.41, 5.74) is 6.37. The second-order valence-corrected chi connectivity index (χ2v) is 9.87. The summed E-state index contributed by atoms with van der Waals surface area (Å²) in [6.45, 7) is 5.17. The number of amides is 1. The molecule has 4 rings (SSSR count). The van der Waals surface area contributed by atoms with E-state index in [0.29, 0.717) is 43.0 Å². The number of primary amides is 1. The monoisotopic (exact) mass is 628 g/mol. The van der Waals surface area contributed by atoms with Gasteiger partial charge in [-0.1, -0.05) is 24.3 Å². The summed E-state index contributed by atoms with van der Waals surface area (Å²) < 4.78 is 57.2. The Morgan fingerprint density at radius 3 is 2.36 bits per heavy atom. The molecule has 3 heterocycles. The number of nitrogens with one attached hydrogen (secondary N) is 1. The van der Waals surface area contributed by atoms with Crippen LogP contribution in [0.4, 0.5) is 19.0 Å². The molecule has 1 aromatic carbocycles. The Morgan fingerprint density at radius 1 is 1.04 bits per heavy atom. The quantitative estimate of drug-likeness (QED) is 0.176. The summed E-state index contributed by atoms with van der Waals surface area (Å²) >= 11 is 0. The number of carbonyl (C=O) groups excluding carboxylic acids is 1. The standard InChI is InChI=1S/C30H35F3N8O4/c1-5-44-24(45-6-2)9-7-8-23-35-16-21(29(39-23)43-4)27-37-15-20(25(34)42)26(40-27)36-14-18-10-12-19(13-11-18)28-38-22(17-41(28)3)30(31,32)33/h10-13,15-17,24H,5-9,14H2,1-4H3,(H2,34,42)(H,36,37,40). The summed E-state index contributed by atoms with van der Waals surface area (Å²) in [6, 6.07) is 6.79. The molecular formula is C30H35F3N8O4. The molecule has 4 aromatic rings. The first kappa shape index (κ1) is 33.3. The zero-order valence-electron chi connectivity index (χ0n) is 25.4. The van der Waals surface area contributed by atoms with Crippen LogP contribution >= 0.6 is 0 Å². The molecule has 0 fully saturated rings. The van der Waals surface area contributed by atoms with E-state index >= 15 is 0 Å². The Kier molecular flexibility index (Phi) is 11.0. The van der Waals surface area contributed by atoms with E-state index in [1.54, 1.807) is 30.5 Å². The van der Waals surface area contributed by atoms with Gasteiger partial charge in [0, 0.05) is 57.4 Å². The maximum Gasteiger partial charge on any atom is 0.434 e. The van der Waals surface area contributed by atoms with Gasteiger partial charge in [0.2, 0.25) is 5.88 Å². The number of hydrogen-bond donors (Lipinski definition) is 2. The molecule has 45 heavy (non-hydrogen) atoms. The lowest BCUT2D eigenvalue weighted by Crippen LogP contribution is -2.17. The van der Waals surface area contributed by atoms with Crippen LogP contribution in [0.15, 0.2) is 42.9 Å². The van der Waals surface area contributed by atoms with Crippen molar-refractivity contribution in [1.29, 1.82) is 0 Å². The highest BCUT2D eigenvalue weighted by Crippen LogP contribution is 2.31. The molecule has 15 heteroatoms. The van der Waals surface area contributed by atoms with Crippen molar-refractivity contribution in [2.75, 3.05) is 25.6 Å². The molecular weight excluding hydrogens is 593 g/mol. The van der Waals surface area contributed by atoms with Crippen LogP contribution in [-0.4, -0.2) is 62.0 Å². The van der Waals surface area contributed by atoms with Gasteiger partial charge < -0.3 is 29.8 Å². The number of methoxy groups -OCH3 is 1. The van der Waals surface area contributed by atoms with Gasteiger partial charge in [-0.05, 0) is 32.3 Å². The average Bonchev–Trinajstić information content (AvgIpc) is 3.42. The van der Waals surface area contributed by atoms with Crippen molar-refractivity contribution in [3.05, 3.63) is 65.5 Å². The minimum atomic E-state index is -4.54. The predicted molar refractivity (Wildman–Crippen MR) is 159 cm³/mol. The van der Waals surface area contributed by atoms with Crippen molar-refractivity contribution in [2.45, 2.75) is 52.1 Å². The largest absolute Gasteiger partial charge is 0.480 e. The Bertz CT molecular complexity index is 1590. The van der Waals surface area contributed by atoms with Gasteiger partial charge in [-0.3, -0.25) is 4.79 Å². The van der Waals surface area contributed by atoms with E-state index in [9.17, 15) is 18.0 Å². The Morgan fingerprint density at radius 2 is 1.76 bits per heavy atom. The van der Waals surface area contributed by atoms with E-state index in [2.05, 4.69) is 30.2 Å². The third-order valence-corrected chi connectivity index (χ3v) is 6.68. The SMILES string of the molecule is CCOC(CCCc1ncc(-c2ncc(C(N)=O)c(NCc3ccc(-c4nc(C(F)(F)F)cn4C)cc3)n2)c(OC)n1)OCC. The summed E-state index contributed by atoms with van der Waals surface area (Å²) in [5, 5.41) is 3.10. The second-order valence-electron chi connectivity index (χ2n) is 9.87. The molecule has 1 amide bonds. The van der Waals surface area contributed by atoms with Crippen LogP contribution in [0.3, 0.4) is 0 Å². The zero-order chi connectivity index (χ0) is 32.6. The zero-order valence-corrected chi connectivity index (χ0v) is 25.4. The Balaban J connectivity index is 1.49. The molecule has 0 spiro atoms. The second kappa shape index (κ2) is 14.9. The van der Waals surface area contributed by atoms with Gasteiger partial charge in [-0.15, -0.1) is 0 Å². The van der Waals surface area contributed by atoms with Crippen molar-refractivity contribution in [1.82, 2.24) is 29.5 Å². The third-order valence-electron chi connectivity index (χ3n) is 6.68. The molecule has 0 saturated heterocycles. The summed E-state index contributed by atoms with van der Waals surface area (Å²) in [5.74, 6) is 0.677. The van der Waals surface area contributed by atoms with Gasteiger partial charge in [0.05, 0.1) is 18.2 Å². The first-order valence-corrected chi connectivity index (χ1v) is 14.3. The Labute approximate surface area is 258 Å². The molecule has 0 aliphatic heterocycles. The number of rotatable bonds is 15. The number of halogens is 3. The maximum atomic E-state index is 13.1. The van der Waals surface area contributed by atoms with Crippen molar-refractivity contribution in [3.63, 3.8) is 0 Å². The number of aryl methyl sites for hydroxylation is 2. The molecule has 3 N–H and O–H groups in total. The van der Waals surface area contributed by atoms with Crippen LogP contribution in [0.1, 0.15) is 54.1 Å². The number of aromatic nitrogens is 6. The molecule has 0 atom stereocenters. The molecule has 0 bridgehead atoms. The topological polar surface area (TPSA) is 152 Å². The number of anilines is 1. The van der Waals surface area contributed by atoms with E-state index in [-0.39, 0.29) is 41.7 Å². The smallest absolute Gasteiger partial charge is 0.434 e. The lowest BCUT2D eigenvalue weighted by Gasteiger charge is -2.16. The van der Waals surface area contributed by atoms with Crippen LogP contribution in [-0.2, 0) is 35.7 Å². The number of imidazole rings is 1. The fourth-order valence-corrected chi connectivity index (χ4v) is 4.50. The highest BCUT2D eigenvalue weighted by molar-refractivity contribution is 5.97. The van der Waals surface area contributed by atoms with Gasteiger partial charge in [0.1, 0.15) is 17.5 Å². The molecule has 0 saturated carbocycles. The van der Waals surface area contributed by atoms with Crippen molar-refractivity contribution in [3.8, 4) is 28.7 Å². The highest BCUT2D eigenvalue weighted by atomic mass is 19.4. The minimum Gasteiger partial charge on any atom is -0.480 e. The van der Waals surface area contributed by atoms with Crippen molar-refractivity contribution in [2.24, 2.45) is 12.8 Å². The maximum absolute atomic E-state index is 13.1. The summed E-state index contributed by atoms with van der Waals surface area (Å²) in [7, 11) is 2.98. The van der Waals surface area contributed by atoms with Gasteiger partial charge in [0.25, 0.3) is 5.91 Å². The molecule has 3 aromatic heterocycles. The van der Waals surface area contributed by atoms with Gasteiger partial charge >= 0.3 is 6.18 Å². The third kappa shape index (κ3) is 8.51. The van der Waals surface area contributed by atoms with Gasteiger partial charge in [-0.25, -0.2) is 19.9 Å². The van der Waals surface area contributed by atoms with Gasteiger partial charge in [0.15, 0.2) is 17.8 Å². The molecule has 0 aliphatic carbocycles. The molecule has 0 unspecified atom stereocenters. The van der Waals surface area contributed by atoms with E-state index in [4.69, 9.17) is 19.9 Å². The molecule has 240 valence electrons.